The average Bonchev–Trinajstić information content (AvgIpc) is 3.04. The Morgan fingerprint density at radius 1 is 1.14 bits per heavy atom. The molecule has 0 bridgehead atoms. The van der Waals surface area contributed by atoms with Gasteiger partial charge in [0.1, 0.15) is 0 Å². The van der Waals surface area contributed by atoms with E-state index in [-0.39, 0.29) is 5.41 Å². The van der Waals surface area contributed by atoms with Crippen LogP contribution in [-0.4, -0.2) is 28.1 Å². The monoisotopic (exact) mass is 305 g/mol. The van der Waals surface area contributed by atoms with Crippen molar-refractivity contribution in [2.75, 3.05) is 13.1 Å². The summed E-state index contributed by atoms with van der Waals surface area (Å²) in [5.74, 6) is 4.06. The maximum absolute atomic E-state index is 5.45. The van der Waals surface area contributed by atoms with Gasteiger partial charge in [-0.05, 0) is 23.7 Å². The molecule has 0 amide bonds. The second-order valence-electron chi connectivity index (χ2n) is 8.34. The van der Waals surface area contributed by atoms with Gasteiger partial charge in [0.2, 0.25) is 0 Å². The number of rotatable bonds is 4. The Kier molecular flexibility index (Phi) is 4.69. The SMILES string of the molecule is C=C(c1nc(C(C)(C)C)no1)N1CC(C(C)C)C(C(C)C)C1. The van der Waals surface area contributed by atoms with Crippen molar-refractivity contribution in [2.45, 2.75) is 53.9 Å². The van der Waals surface area contributed by atoms with E-state index in [1.54, 1.807) is 0 Å². The number of nitrogens with zero attached hydrogens (tertiary/aromatic N) is 3. The van der Waals surface area contributed by atoms with Gasteiger partial charge in [0, 0.05) is 18.5 Å². The van der Waals surface area contributed by atoms with Gasteiger partial charge in [0.15, 0.2) is 5.82 Å². The summed E-state index contributed by atoms with van der Waals surface area (Å²) in [5, 5.41) is 4.11. The second-order valence-corrected chi connectivity index (χ2v) is 8.34. The second kappa shape index (κ2) is 6.05. The molecule has 22 heavy (non-hydrogen) atoms. The summed E-state index contributed by atoms with van der Waals surface area (Å²) in [6.07, 6.45) is 0. The Labute approximate surface area is 135 Å². The Balaban J connectivity index is 2.15. The minimum atomic E-state index is -0.103. The first-order valence-electron chi connectivity index (χ1n) is 8.39. The predicted octanol–water partition coefficient (Wildman–Crippen LogP) is 4.20. The maximum Gasteiger partial charge on any atom is 0.273 e. The van der Waals surface area contributed by atoms with Gasteiger partial charge in [-0.25, -0.2) is 0 Å². The lowest BCUT2D eigenvalue weighted by Gasteiger charge is -2.24. The zero-order chi connectivity index (χ0) is 16.7. The van der Waals surface area contributed by atoms with Gasteiger partial charge in [-0.3, -0.25) is 0 Å². The smallest absolute Gasteiger partial charge is 0.273 e. The van der Waals surface area contributed by atoms with Crippen molar-refractivity contribution >= 4 is 5.70 Å². The lowest BCUT2D eigenvalue weighted by molar-refractivity contribution is 0.257. The molecule has 2 unspecified atom stereocenters. The highest BCUT2D eigenvalue weighted by Gasteiger charge is 2.38. The third-order valence-corrected chi connectivity index (χ3v) is 4.85. The van der Waals surface area contributed by atoms with Gasteiger partial charge in [0.25, 0.3) is 5.89 Å². The highest BCUT2D eigenvalue weighted by Crippen LogP contribution is 2.37. The van der Waals surface area contributed by atoms with E-state index >= 15 is 0 Å². The molecule has 2 atom stereocenters. The normalized spacial score (nSPS) is 22.9. The summed E-state index contributed by atoms with van der Waals surface area (Å²) >= 11 is 0. The van der Waals surface area contributed by atoms with Crippen molar-refractivity contribution in [3.8, 4) is 0 Å². The van der Waals surface area contributed by atoms with Crippen molar-refractivity contribution < 1.29 is 4.52 Å². The fraction of sp³-hybridized carbons (Fsp3) is 0.778. The lowest BCUT2D eigenvalue weighted by Crippen LogP contribution is -2.22. The van der Waals surface area contributed by atoms with Gasteiger partial charge in [0.05, 0.1) is 5.70 Å². The van der Waals surface area contributed by atoms with Crippen LogP contribution in [0.4, 0.5) is 0 Å². The summed E-state index contributed by atoms with van der Waals surface area (Å²) in [6, 6.07) is 0. The summed E-state index contributed by atoms with van der Waals surface area (Å²) in [4.78, 5) is 6.88. The highest BCUT2D eigenvalue weighted by molar-refractivity contribution is 5.54. The van der Waals surface area contributed by atoms with Crippen molar-refractivity contribution in [1.82, 2.24) is 15.0 Å². The first-order chi connectivity index (χ1) is 10.1. The number of likely N-dealkylation sites (tertiary alicyclic amines) is 1. The van der Waals surface area contributed by atoms with E-state index in [1.165, 1.54) is 0 Å². The fourth-order valence-electron chi connectivity index (χ4n) is 3.27. The first-order valence-corrected chi connectivity index (χ1v) is 8.39. The molecule has 124 valence electrons. The van der Waals surface area contributed by atoms with Gasteiger partial charge in [-0.2, -0.15) is 4.98 Å². The van der Waals surface area contributed by atoms with E-state index in [9.17, 15) is 0 Å². The van der Waals surface area contributed by atoms with Crippen molar-refractivity contribution in [3.63, 3.8) is 0 Å². The molecule has 1 aliphatic heterocycles. The zero-order valence-corrected chi connectivity index (χ0v) is 15.2. The Morgan fingerprint density at radius 3 is 2.00 bits per heavy atom. The van der Waals surface area contributed by atoms with E-state index < -0.39 is 0 Å². The molecule has 0 spiro atoms. The van der Waals surface area contributed by atoms with Crippen molar-refractivity contribution in [2.24, 2.45) is 23.7 Å². The number of hydrogen-bond acceptors (Lipinski definition) is 4. The molecule has 2 rings (SSSR count). The molecular weight excluding hydrogens is 274 g/mol. The molecule has 1 aliphatic rings. The van der Waals surface area contributed by atoms with Gasteiger partial charge < -0.3 is 9.42 Å². The van der Waals surface area contributed by atoms with Crippen LogP contribution in [0.15, 0.2) is 11.1 Å². The molecule has 0 saturated carbocycles. The number of aromatic nitrogens is 2. The van der Waals surface area contributed by atoms with Crippen LogP contribution in [0.25, 0.3) is 5.70 Å². The molecule has 0 aromatic carbocycles. The molecular formula is C18H31N3O. The first kappa shape index (κ1) is 17.0. The fourth-order valence-corrected chi connectivity index (χ4v) is 3.27. The summed E-state index contributed by atoms with van der Waals surface area (Å²) < 4.78 is 5.45. The highest BCUT2D eigenvalue weighted by atomic mass is 16.5. The van der Waals surface area contributed by atoms with Crippen LogP contribution in [0.3, 0.4) is 0 Å². The largest absolute Gasteiger partial charge is 0.367 e. The van der Waals surface area contributed by atoms with Crippen LogP contribution < -0.4 is 0 Å². The summed E-state index contributed by atoms with van der Waals surface area (Å²) in [5.41, 5.74) is 0.769. The standard InChI is InChI=1S/C18H31N3O/c1-11(2)14-9-21(10-15(14)12(3)4)13(5)16-19-17(20-22-16)18(6,7)8/h11-12,14-15H,5,9-10H2,1-4,6-8H3. The van der Waals surface area contributed by atoms with E-state index in [1.807, 2.05) is 0 Å². The Bertz CT molecular complexity index is 509. The lowest BCUT2D eigenvalue weighted by atomic mass is 9.80. The minimum absolute atomic E-state index is 0.103. The van der Waals surface area contributed by atoms with Crippen LogP contribution in [0.5, 0.6) is 0 Å². The molecule has 4 nitrogen and oxygen atoms in total. The molecule has 0 N–H and O–H groups in total. The van der Waals surface area contributed by atoms with Crippen LogP contribution in [0, 0.1) is 23.7 Å². The van der Waals surface area contributed by atoms with Gasteiger partial charge in [-0.15, -0.1) is 0 Å². The van der Waals surface area contributed by atoms with Gasteiger partial charge in [-0.1, -0.05) is 60.2 Å². The van der Waals surface area contributed by atoms with Crippen molar-refractivity contribution in [1.29, 1.82) is 0 Å². The maximum atomic E-state index is 5.45. The van der Waals surface area contributed by atoms with E-state index in [2.05, 4.69) is 70.1 Å². The molecule has 0 aliphatic carbocycles. The van der Waals surface area contributed by atoms with E-state index in [4.69, 9.17) is 4.52 Å². The van der Waals surface area contributed by atoms with E-state index in [0.29, 0.717) is 29.6 Å². The Hall–Kier alpha value is -1.32. The molecule has 1 saturated heterocycles. The Morgan fingerprint density at radius 2 is 1.64 bits per heavy atom. The quantitative estimate of drug-likeness (QED) is 0.836. The third kappa shape index (κ3) is 3.36. The van der Waals surface area contributed by atoms with E-state index in [0.717, 1.165) is 24.6 Å². The molecule has 1 fully saturated rings. The molecule has 0 radical (unpaired) electrons. The average molecular weight is 305 g/mol. The zero-order valence-electron chi connectivity index (χ0n) is 15.2. The van der Waals surface area contributed by atoms with Gasteiger partial charge >= 0.3 is 0 Å². The third-order valence-electron chi connectivity index (χ3n) is 4.85. The van der Waals surface area contributed by atoms with Crippen molar-refractivity contribution in [3.05, 3.63) is 18.3 Å². The molecule has 1 aromatic heterocycles. The van der Waals surface area contributed by atoms with Crippen LogP contribution >= 0.6 is 0 Å². The van der Waals surface area contributed by atoms with Crippen LogP contribution in [0.2, 0.25) is 0 Å². The number of hydrogen-bond donors (Lipinski definition) is 0. The predicted molar refractivity (Wildman–Crippen MR) is 90.3 cm³/mol. The van der Waals surface area contributed by atoms with Crippen LogP contribution in [0.1, 0.15) is 60.2 Å². The minimum Gasteiger partial charge on any atom is -0.367 e. The summed E-state index contributed by atoms with van der Waals surface area (Å²) in [7, 11) is 0. The molecule has 2 heterocycles. The summed E-state index contributed by atoms with van der Waals surface area (Å²) in [6.45, 7) is 21.8. The topological polar surface area (TPSA) is 42.2 Å². The van der Waals surface area contributed by atoms with Crippen LogP contribution in [-0.2, 0) is 5.41 Å². The molecule has 1 aromatic rings. The molecule has 4 heteroatoms.